The lowest BCUT2D eigenvalue weighted by atomic mass is 10.0. The zero-order valence-electron chi connectivity index (χ0n) is 15.5. The molecule has 5 nitrogen and oxygen atoms in total. The predicted octanol–water partition coefficient (Wildman–Crippen LogP) is 3.53. The molecule has 0 aliphatic heterocycles. The van der Waals surface area contributed by atoms with Crippen molar-refractivity contribution >= 4 is 29.9 Å². The first-order chi connectivity index (χ1) is 12.1. The van der Waals surface area contributed by atoms with Crippen LogP contribution in [0.2, 0.25) is 0 Å². The molecule has 2 rings (SSSR count). The highest BCUT2D eigenvalue weighted by Gasteiger charge is 2.07. The molecule has 0 fully saturated rings. The molecule has 0 radical (unpaired) electrons. The second-order valence-corrected chi connectivity index (χ2v) is 5.94. The van der Waals surface area contributed by atoms with Gasteiger partial charge < -0.3 is 20.5 Å². The van der Waals surface area contributed by atoms with Gasteiger partial charge in [0.25, 0.3) is 0 Å². The fourth-order valence-corrected chi connectivity index (χ4v) is 2.57. The van der Waals surface area contributed by atoms with Crippen LogP contribution in [0.3, 0.4) is 0 Å². The van der Waals surface area contributed by atoms with Crippen LogP contribution in [0.5, 0.6) is 11.5 Å². The molecule has 0 amide bonds. The molecule has 0 heterocycles. The third-order valence-corrected chi connectivity index (χ3v) is 4.15. The van der Waals surface area contributed by atoms with Crippen LogP contribution in [0.4, 0.5) is 0 Å². The van der Waals surface area contributed by atoms with Crippen molar-refractivity contribution < 1.29 is 9.84 Å². The summed E-state index contributed by atoms with van der Waals surface area (Å²) in [7, 11) is 3.34. The summed E-state index contributed by atoms with van der Waals surface area (Å²) in [6, 6.07) is 15.8. The number of halogens is 1. The Morgan fingerprint density at radius 1 is 1.15 bits per heavy atom. The van der Waals surface area contributed by atoms with Gasteiger partial charge in [0.2, 0.25) is 0 Å². The Labute approximate surface area is 172 Å². The van der Waals surface area contributed by atoms with E-state index in [4.69, 9.17) is 4.74 Å². The van der Waals surface area contributed by atoms with E-state index in [0.717, 1.165) is 18.1 Å². The molecule has 0 bridgehead atoms. The summed E-state index contributed by atoms with van der Waals surface area (Å²) in [6.45, 7) is 3.67. The number of nitrogens with zero attached hydrogens (tertiary/aromatic N) is 1. The van der Waals surface area contributed by atoms with Gasteiger partial charge in [-0.1, -0.05) is 43.3 Å². The van der Waals surface area contributed by atoms with Gasteiger partial charge in [0.15, 0.2) is 5.96 Å². The molecular weight excluding hydrogens is 441 g/mol. The van der Waals surface area contributed by atoms with Crippen molar-refractivity contribution in [1.82, 2.24) is 10.6 Å². The van der Waals surface area contributed by atoms with Crippen molar-refractivity contribution in [3.8, 4) is 11.5 Å². The summed E-state index contributed by atoms with van der Waals surface area (Å²) in [6.07, 6.45) is 0.699. The van der Waals surface area contributed by atoms with E-state index < -0.39 is 0 Å². The molecule has 1 unspecified atom stereocenters. The highest BCUT2D eigenvalue weighted by atomic mass is 127. The number of guanidine groups is 1. The Morgan fingerprint density at radius 3 is 2.50 bits per heavy atom. The first kappa shape index (κ1) is 22.1. The molecule has 0 spiro atoms. The average molecular weight is 469 g/mol. The number of nitrogens with one attached hydrogen (secondary N) is 2. The summed E-state index contributed by atoms with van der Waals surface area (Å²) >= 11 is 0. The highest BCUT2D eigenvalue weighted by Crippen LogP contribution is 2.23. The normalized spacial score (nSPS) is 12.0. The monoisotopic (exact) mass is 469 g/mol. The van der Waals surface area contributed by atoms with Crippen molar-refractivity contribution in [3.05, 3.63) is 59.7 Å². The maximum Gasteiger partial charge on any atom is 0.191 e. The zero-order valence-corrected chi connectivity index (χ0v) is 17.9. The highest BCUT2D eigenvalue weighted by molar-refractivity contribution is 14.0. The van der Waals surface area contributed by atoms with Crippen LogP contribution in [0.25, 0.3) is 0 Å². The van der Waals surface area contributed by atoms with Gasteiger partial charge in [0, 0.05) is 26.2 Å². The van der Waals surface area contributed by atoms with E-state index in [0.29, 0.717) is 24.6 Å². The first-order valence-corrected chi connectivity index (χ1v) is 8.49. The third kappa shape index (κ3) is 6.74. The van der Waals surface area contributed by atoms with Crippen molar-refractivity contribution in [2.75, 3.05) is 27.2 Å². The number of ether oxygens (including phenoxy) is 1. The molecule has 0 saturated heterocycles. The van der Waals surface area contributed by atoms with Crippen LogP contribution in [-0.2, 0) is 6.42 Å². The fourth-order valence-electron chi connectivity index (χ4n) is 2.57. The number of aliphatic imine (C=N–C) groups is 1. The van der Waals surface area contributed by atoms with Gasteiger partial charge in [0.1, 0.15) is 11.5 Å². The van der Waals surface area contributed by atoms with Crippen molar-refractivity contribution in [2.45, 2.75) is 19.3 Å². The van der Waals surface area contributed by atoms with E-state index >= 15 is 0 Å². The molecule has 0 aliphatic rings. The maximum absolute atomic E-state index is 9.99. The van der Waals surface area contributed by atoms with E-state index in [1.165, 1.54) is 5.56 Å². The lowest BCUT2D eigenvalue weighted by molar-refractivity contribution is 0.406. The first-order valence-electron chi connectivity index (χ1n) is 8.49. The van der Waals surface area contributed by atoms with Crippen LogP contribution in [-0.4, -0.2) is 38.3 Å². The number of benzene rings is 2. The minimum absolute atomic E-state index is 0. The quantitative estimate of drug-likeness (QED) is 0.330. The summed E-state index contributed by atoms with van der Waals surface area (Å²) in [5.74, 6) is 2.06. The van der Waals surface area contributed by atoms with E-state index in [9.17, 15) is 5.11 Å². The second-order valence-electron chi connectivity index (χ2n) is 5.94. The number of hydrogen-bond acceptors (Lipinski definition) is 3. The minimum Gasteiger partial charge on any atom is -0.508 e. The van der Waals surface area contributed by atoms with E-state index in [-0.39, 0.29) is 29.7 Å². The Kier molecular flexibility index (Phi) is 9.87. The number of phenolic OH excluding ortho intramolecular Hbond substituents is 1. The minimum atomic E-state index is 0. The molecule has 2 aromatic rings. The zero-order chi connectivity index (χ0) is 18.1. The molecule has 6 heteroatoms. The number of phenols is 1. The number of hydrogen-bond donors (Lipinski definition) is 3. The Hall–Kier alpha value is -1.96. The largest absolute Gasteiger partial charge is 0.508 e. The van der Waals surface area contributed by atoms with Crippen molar-refractivity contribution in [1.29, 1.82) is 0 Å². The van der Waals surface area contributed by atoms with Gasteiger partial charge in [-0.15, -0.1) is 24.0 Å². The second kappa shape index (κ2) is 11.6. The number of rotatable bonds is 7. The molecule has 142 valence electrons. The molecule has 0 aliphatic carbocycles. The molecular formula is C20H28IN3O2. The van der Waals surface area contributed by atoms with Gasteiger partial charge in [-0.25, -0.2) is 0 Å². The average Bonchev–Trinajstić information content (AvgIpc) is 2.66. The van der Waals surface area contributed by atoms with Crippen LogP contribution < -0.4 is 15.4 Å². The van der Waals surface area contributed by atoms with Crippen molar-refractivity contribution in [3.63, 3.8) is 0 Å². The molecule has 0 saturated carbocycles. The Bertz CT molecular complexity index is 693. The number of methoxy groups -OCH3 is 1. The van der Waals surface area contributed by atoms with Crippen molar-refractivity contribution in [2.24, 2.45) is 4.99 Å². The van der Waals surface area contributed by atoms with Crippen LogP contribution in [0.1, 0.15) is 24.0 Å². The lowest BCUT2D eigenvalue weighted by Crippen LogP contribution is -2.39. The lowest BCUT2D eigenvalue weighted by Gasteiger charge is -2.16. The summed E-state index contributed by atoms with van der Waals surface area (Å²) in [4.78, 5) is 4.25. The standard InChI is InChI=1S/C20H27N3O2.HI/c1-15(16-7-5-4-6-8-16)14-23-20(21-2)22-12-11-17-9-10-18(25-3)13-19(17)24;/h4-10,13,15,24H,11-12,14H2,1-3H3,(H2,21,22,23);1H. The molecule has 3 N–H and O–H groups in total. The third-order valence-electron chi connectivity index (χ3n) is 4.15. The predicted molar refractivity (Wildman–Crippen MR) is 118 cm³/mol. The van der Waals surface area contributed by atoms with Gasteiger partial charge in [-0.3, -0.25) is 4.99 Å². The van der Waals surface area contributed by atoms with Gasteiger partial charge in [-0.05, 0) is 29.5 Å². The number of aromatic hydroxyl groups is 1. The Balaban J connectivity index is 0.00000338. The van der Waals surface area contributed by atoms with E-state index in [1.54, 1.807) is 20.2 Å². The molecule has 1 atom stereocenters. The molecule has 0 aromatic heterocycles. The van der Waals surface area contributed by atoms with Crippen LogP contribution >= 0.6 is 24.0 Å². The van der Waals surface area contributed by atoms with E-state index in [1.807, 2.05) is 18.2 Å². The van der Waals surface area contributed by atoms with Crippen LogP contribution in [0.15, 0.2) is 53.5 Å². The summed E-state index contributed by atoms with van der Waals surface area (Å²) < 4.78 is 5.10. The summed E-state index contributed by atoms with van der Waals surface area (Å²) in [5, 5.41) is 16.6. The molecule has 2 aromatic carbocycles. The molecule has 26 heavy (non-hydrogen) atoms. The topological polar surface area (TPSA) is 65.9 Å². The Morgan fingerprint density at radius 2 is 1.88 bits per heavy atom. The van der Waals surface area contributed by atoms with Gasteiger partial charge in [0.05, 0.1) is 7.11 Å². The maximum atomic E-state index is 9.99. The van der Waals surface area contributed by atoms with Gasteiger partial charge >= 0.3 is 0 Å². The SMILES string of the molecule is CN=C(NCCc1ccc(OC)cc1O)NCC(C)c1ccccc1.I. The summed E-state index contributed by atoms with van der Waals surface area (Å²) in [5.41, 5.74) is 2.18. The van der Waals surface area contributed by atoms with Gasteiger partial charge in [-0.2, -0.15) is 0 Å². The van der Waals surface area contributed by atoms with E-state index in [2.05, 4.69) is 46.8 Å². The smallest absolute Gasteiger partial charge is 0.191 e. The van der Waals surface area contributed by atoms with Crippen LogP contribution in [0, 0.1) is 0 Å². The fraction of sp³-hybridized carbons (Fsp3) is 0.350.